The third-order valence-corrected chi connectivity index (χ3v) is 1.50. The first-order valence-corrected chi connectivity index (χ1v) is 4.36. The lowest BCUT2D eigenvalue weighted by Crippen LogP contribution is -1.77. The van der Waals surface area contributed by atoms with Gasteiger partial charge in [-0.1, -0.05) is 25.2 Å². The van der Waals surface area contributed by atoms with Gasteiger partial charge in [-0.25, -0.2) is 0 Å². The molecule has 11 heavy (non-hydrogen) atoms. The van der Waals surface area contributed by atoms with Gasteiger partial charge in [0.1, 0.15) is 0 Å². The van der Waals surface area contributed by atoms with Gasteiger partial charge in [-0.15, -0.1) is 0 Å². The van der Waals surface area contributed by atoms with Crippen molar-refractivity contribution in [3.8, 4) is 0 Å². The Morgan fingerprint density at radius 1 is 1.27 bits per heavy atom. The Morgan fingerprint density at radius 2 is 1.82 bits per heavy atom. The minimum atomic E-state index is 0.913. The van der Waals surface area contributed by atoms with Gasteiger partial charge >= 0.3 is 0 Å². The third-order valence-electron chi connectivity index (χ3n) is 1.50. The van der Waals surface area contributed by atoms with Crippen LogP contribution in [0.4, 0.5) is 0 Å². The fourth-order valence-corrected chi connectivity index (χ4v) is 0.865. The summed E-state index contributed by atoms with van der Waals surface area (Å²) in [6, 6.07) is 0. The van der Waals surface area contributed by atoms with Crippen LogP contribution in [0.15, 0.2) is 24.5 Å². The SMILES string of the molecule is C1=CCCCC1.CC/C=C/O. The highest BCUT2D eigenvalue weighted by molar-refractivity contribution is 4.85. The molecule has 1 aliphatic rings. The highest BCUT2D eigenvalue weighted by Gasteiger charge is 1.87. The Bertz CT molecular complexity index is 106. The van der Waals surface area contributed by atoms with E-state index in [1.807, 2.05) is 6.92 Å². The molecular formula is C10H18O. The maximum atomic E-state index is 7.89. The number of rotatable bonds is 1. The van der Waals surface area contributed by atoms with Gasteiger partial charge in [0.15, 0.2) is 0 Å². The lowest BCUT2D eigenvalue weighted by Gasteiger charge is -1.97. The predicted molar refractivity (Wildman–Crippen MR) is 49.7 cm³/mol. The predicted octanol–water partition coefficient (Wildman–Crippen LogP) is 3.58. The Morgan fingerprint density at radius 3 is 1.91 bits per heavy atom. The maximum Gasteiger partial charge on any atom is 0.0751 e. The molecule has 0 bridgehead atoms. The molecule has 0 amide bonds. The molecule has 0 atom stereocenters. The zero-order valence-electron chi connectivity index (χ0n) is 7.29. The Kier molecular flexibility index (Phi) is 8.67. The highest BCUT2D eigenvalue weighted by atomic mass is 16.2. The summed E-state index contributed by atoms with van der Waals surface area (Å²) in [5.74, 6) is 0. The van der Waals surface area contributed by atoms with Gasteiger partial charge in [0.05, 0.1) is 6.26 Å². The maximum absolute atomic E-state index is 7.89. The van der Waals surface area contributed by atoms with Gasteiger partial charge in [-0.2, -0.15) is 0 Å². The van der Waals surface area contributed by atoms with Crippen LogP contribution in [0, 0.1) is 0 Å². The van der Waals surface area contributed by atoms with Crippen molar-refractivity contribution < 1.29 is 5.11 Å². The number of aliphatic hydroxyl groups is 1. The molecule has 0 spiro atoms. The minimum absolute atomic E-state index is 0.913. The van der Waals surface area contributed by atoms with Crippen molar-refractivity contribution in [2.24, 2.45) is 0 Å². The molecule has 0 aromatic heterocycles. The summed E-state index contributed by atoms with van der Waals surface area (Å²) in [5, 5.41) is 7.89. The van der Waals surface area contributed by atoms with Crippen LogP contribution in [-0.4, -0.2) is 5.11 Å². The molecule has 1 nitrogen and oxygen atoms in total. The standard InChI is InChI=1S/C6H10.C4H8O/c1-2-4-6-5-3-1;1-2-3-4-5/h1-2H,3-6H2;3-5H,2H2,1H3/b;4-3+. The first kappa shape index (κ1) is 10.3. The fraction of sp³-hybridized carbons (Fsp3) is 0.600. The zero-order valence-corrected chi connectivity index (χ0v) is 7.29. The van der Waals surface area contributed by atoms with Crippen LogP contribution in [0.25, 0.3) is 0 Å². The lowest BCUT2D eigenvalue weighted by atomic mass is 10.1. The van der Waals surface area contributed by atoms with Gasteiger partial charge in [0, 0.05) is 0 Å². The van der Waals surface area contributed by atoms with Crippen molar-refractivity contribution in [3.63, 3.8) is 0 Å². The molecule has 1 rings (SSSR count). The molecule has 0 aromatic carbocycles. The fourth-order valence-electron chi connectivity index (χ4n) is 0.865. The summed E-state index contributed by atoms with van der Waals surface area (Å²) in [5.41, 5.74) is 0. The van der Waals surface area contributed by atoms with E-state index >= 15 is 0 Å². The van der Waals surface area contributed by atoms with Gasteiger partial charge in [-0.05, 0) is 32.1 Å². The summed E-state index contributed by atoms with van der Waals surface area (Å²) in [6.45, 7) is 1.96. The molecule has 0 fully saturated rings. The van der Waals surface area contributed by atoms with E-state index in [4.69, 9.17) is 5.11 Å². The Hall–Kier alpha value is -0.720. The molecule has 0 unspecified atom stereocenters. The second kappa shape index (κ2) is 9.28. The van der Waals surface area contributed by atoms with Crippen molar-refractivity contribution in [3.05, 3.63) is 24.5 Å². The van der Waals surface area contributed by atoms with Crippen LogP contribution in [0.3, 0.4) is 0 Å². The monoisotopic (exact) mass is 154 g/mol. The van der Waals surface area contributed by atoms with Crippen molar-refractivity contribution in [1.82, 2.24) is 0 Å². The zero-order chi connectivity index (χ0) is 8.36. The minimum Gasteiger partial charge on any atom is -0.516 e. The van der Waals surface area contributed by atoms with Gasteiger partial charge in [0.25, 0.3) is 0 Å². The van der Waals surface area contributed by atoms with E-state index in [2.05, 4.69) is 12.2 Å². The summed E-state index contributed by atoms with van der Waals surface area (Å²) in [7, 11) is 0. The van der Waals surface area contributed by atoms with Gasteiger partial charge < -0.3 is 5.11 Å². The van der Waals surface area contributed by atoms with Crippen molar-refractivity contribution in [1.29, 1.82) is 0 Å². The van der Waals surface area contributed by atoms with Gasteiger partial charge in [0.2, 0.25) is 0 Å². The second-order valence-electron chi connectivity index (χ2n) is 2.55. The van der Waals surface area contributed by atoms with E-state index < -0.39 is 0 Å². The van der Waals surface area contributed by atoms with E-state index in [-0.39, 0.29) is 0 Å². The van der Waals surface area contributed by atoms with E-state index in [0.29, 0.717) is 0 Å². The van der Waals surface area contributed by atoms with Crippen molar-refractivity contribution >= 4 is 0 Å². The molecule has 1 aliphatic carbocycles. The van der Waals surface area contributed by atoms with Crippen molar-refractivity contribution in [2.75, 3.05) is 0 Å². The average molecular weight is 154 g/mol. The first-order chi connectivity index (χ1) is 5.41. The van der Waals surface area contributed by atoms with Gasteiger partial charge in [-0.3, -0.25) is 0 Å². The lowest BCUT2D eigenvalue weighted by molar-refractivity contribution is 0.471. The molecule has 0 radical (unpaired) electrons. The van der Waals surface area contributed by atoms with Crippen LogP contribution in [-0.2, 0) is 0 Å². The van der Waals surface area contributed by atoms with E-state index in [1.54, 1.807) is 6.08 Å². The van der Waals surface area contributed by atoms with E-state index in [9.17, 15) is 0 Å². The summed E-state index contributed by atoms with van der Waals surface area (Å²) in [4.78, 5) is 0. The molecule has 1 N–H and O–H groups in total. The molecule has 0 aromatic rings. The highest BCUT2D eigenvalue weighted by Crippen LogP contribution is 2.07. The normalized spacial score (nSPS) is 16.1. The molecular weight excluding hydrogens is 136 g/mol. The van der Waals surface area contributed by atoms with Crippen molar-refractivity contribution in [2.45, 2.75) is 39.0 Å². The molecule has 0 saturated heterocycles. The summed E-state index contributed by atoms with van der Waals surface area (Å²) in [6.07, 6.45) is 13.6. The average Bonchev–Trinajstić information content (AvgIpc) is 2.10. The van der Waals surface area contributed by atoms with Crippen LogP contribution in [0.5, 0.6) is 0 Å². The van der Waals surface area contributed by atoms with E-state index in [1.165, 1.54) is 25.7 Å². The van der Waals surface area contributed by atoms with Crippen LogP contribution >= 0.6 is 0 Å². The number of aliphatic hydroxyl groups excluding tert-OH is 1. The second-order valence-corrected chi connectivity index (χ2v) is 2.55. The largest absolute Gasteiger partial charge is 0.516 e. The Labute approximate surface area is 69.4 Å². The van der Waals surface area contributed by atoms with Crippen LogP contribution in [0.1, 0.15) is 39.0 Å². The Balaban J connectivity index is 0.000000187. The molecule has 64 valence electrons. The molecule has 0 saturated carbocycles. The third kappa shape index (κ3) is 9.28. The molecule has 1 heteroatoms. The number of hydrogen-bond donors (Lipinski definition) is 1. The number of allylic oxidation sites excluding steroid dienone is 3. The quantitative estimate of drug-likeness (QED) is 0.452. The van der Waals surface area contributed by atoms with Crippen LogP contribution in [0.2, 0.25) is 0 Å². The topological polar surface area (TPSA) is 20.2 Å². The van der Waals surface area contributed by atoms with E-state index in [0.717, 1.165) is 12.7 Å². The molecule has 0 heterocycles. The smallest absolute Gasteiger partial charge is 0.0751 e. The summed E-state index contributed by atoms with van der Waals surface area (Å²) < 4.78 is 0. The number of hydrogen-bond acceptors (Lipinski definition) is 1. The summed E-state index contributed by atoms with van der Waals surface area (Å²) >= 11 is 0. The molecule has 0 aliphatic heterocycles. The van der Waals surface area contributed by atoms with Crippen LogP contribution < -0.4 is 0 Å². The first-order valence-electron chi connectivity index (χ1n) is 4.36.